The van der Waals surface area contributed by atoms with Gasteiger partial charge in [0.15, 0.2) is 0 Å². The maximum atomic E-state index is 13.1. The summed E-state index contributed by atoms with van der Waals surface area (Å²) in [5, 5.41) is 5.90. The molecule has 0 bridgehead atoms. The quantitative estimate of drug-likeness (QED) is 0.618. The molecule has 4 rings (SSSR count). The zero-order valence-electron chi connectivity index (χ0n) is 16.0. The number of hydrogen-bond donors (Lipinski definition) is 1. The van der Waals surface area contributed by atoms with E-state index in [4.69, 9.17) is 16.3 Å². The Hall–Kier alpha value is -2.18. The fourth-order valence-corrected chi connectivity index (χ4v) is 4.40. The summed E-state index contributed by atoms with van der Waals surface area (Å²) in [4.78, 5) is 16.5. The molecule has 29 heavy (non-hydrogen) atoms. The van der Waals surface area contributed by atoms with Crippen LogP contribution in [0.2, 0.25) is 5.02 Å². The molecular weight excluding hydrogens is 404 g/mol. The van der Waals surface area contributed by atoms with Crippen LogP contribution < -0.4 is 5.32 Å². The molecule has 1 fully saturated rings. The Morgan fingerprint density at radius 3 is 2.62 bits per heavy atom. The highest BCUT2D eigenvalue weighted by Gasteiger charge is 2.19. The molecule has 4 nitrogen and oxygen atoms in total. The molecule has 2 aromatic carbocycles. The third kappa shape index (κ3) is 5.25. The molecule has 3 aromatic rings. The zero-order valence-corrected chi connectivity index (χ0v) is 17.6. The number of amides is 1. The van der Waals surface area contributed by atoms with Gasteiger partial charge in [-0.05, 0) is 46.8 Å². The van der Waals surface area contributed by atoms with Gasteiger partial charge >= 0.3 is 0 Å². The smallest absolute Gasteiger partial charge is 0.252 e. The number of hydrogen-bond acceptors (Lipinski definition) is 4. The maximum Gasteiger partial charge on any atom is 0.252 e. The van der Waals surface area contributed by atoms with Gasteiger partial charge in [0.05, 0.1) is 19.3 Å². The van der Waals surface area contributed by atoms with Gasteiger partial charge in [-0.1, -0.05) is 41.9 Å². The van der Waals surface area contributed by atoms with Crippen LogP contribution in [0.4, 0.5) is 0 Å². The van der Waals surface area contributed by atoms with Gasteiger partial charge in [-0.3, -0.25) is 9.69 Å². The molecule has 1 unspecified atom stereocenters. The Balaban J connectivity index is 1.51. The van der Waals surface area contributed by atoms with Gasteiger partial charge in [-0.25, -0.2) is 0 Å². The van der Waals surface area contributed by atoms with Crippen molar-refractivity contribution >= 4 is 28.8 Å². The van der Waals surface area contributed by atoms with Crippen molar-refractivity contribution in [1.29, 1.82) is 0 Å². The Morgan fingerprint density at radius 1 is 1.10 bits per heavy atom. The first-order valence-corrected chi connectivity index (χ1v) is 10.9. The van der Waals surface area contributed by atoms with Crippen molar-refractivity contribution in [3.63, 3.8) is 0 Å². The highest BCUT2D eigenvalue weighted by Crippen LogP contribution is 2.27. The van der Waals surface area contributed by atoms with Crippen LogP contribution in [-0.4, -0.2) is 37.1 Å². The number of nitrogens with zero attached hydrogens (tertiary/aromatic N) is 1. The van der Waals surface area contributed by atoms with Crippen LogP contribution in [0.1, 0.15) is 32.4 Å². The van der Waals surface area contributed by atoms with Crippen molar-refractivity contribution in [2.45, 2.75) is 12.6 Å². The first-order chi connectivity index (χ1) is 14.2. The average molecular weight is 427 g/mol. The van der Waals surface area contributed by atoms with Crippen molar-refractivity contribution in [3.8, 4) is 0 Å². The SMILES string of the molecule is O=C(NC(c1ccc(Cl)cc1)c1cccs1)c1cccc(CN2CCOCC2)c1. The number of nitrogens with one attached hydrogen (secondary N) is 1. The van der Waals surface area contributed by atoms with Crippen molar-refractivity contribution in [1.82, 2.24) is 10.2 Å². The molecule has 1 aromatic heterocycles. The summed E-state index contributed by atoms with van der Waals surface area (Å²) in [6.07, 6.45) is 0. The van der Waals surface area contributed by atoms with Gasteiger partial charge in [0.2, 0.25) is 0 Å². The Morgan fingerprint density at radius 2 is 1.90 bits per heavy atom. The fraction of sp³-hybridized carbons (Fsp3) is 0.261. The number of carbonyl (C=O) groups is 1. The lowest BCUT2D eigenvalue weighted by Gasteiger charge is -2.26. The Labute approximate surface area is 180 Å². The molecule has 0 radical (unpaired) electrons. The molecule has 150 valence electrons. The third-order valence-corrected chi connectivity index (χ3v) is 6.19. The lowest BCUT2D eigenvalue weighted by molar-refractivity contribution is 0.0342. The summed E-state index contributed by atoms with van der Waals surface area (Å²) in [5.74, 6) is -0.0813. The van der Waals surface area contributed by atoms with Crippen molar-refractivity contribution in [2.75, 3.05) is 26.3 Å². The minimum absolute atomic E-state index is 0.0813. The van der Waals surface area contributed by atoms with Crippen LogP contribution in [0, 0.1) is 0 Å². The fourth-order valence-electron chi connectivity index (χ4n) is 3.47. The van der Waals surface area contributed by atoms with Crippen molar-refractivity contribution < 1.29 is 9.53 Å². The van der Waals surface area contributed by atoms with Crippen molar-refractivity contribution in [3.05, 3.63) is 92.6 Å². The summed E-state index contributed by atoms with van der Waals surface area (Å²) in [5.41, 5.74) is 2.82. The monoisotopic (exact) mass is 426 g/mol. The molecule has 1 amide bonds. The molecule has 1 saturated heterocycles. The first kappa shape index (κ1) is 20.1. The zero-order chi connectivity index (χ0) is 20.1. The number of halogens is 1. The minimum Gasteiger partial charge on any atom is -0.379 e. The minimum atomic E-state index is -0.206. The Bertz CT molecular complexity index is 938. The number of morpholine rings is 1. The van der Waals surface area contributed by atoms with Gasteiger partial charge in [-0.2, -0.15) is 0 Å². The molecular formula is C23H23ClN2O2S. The second kappa shape index (κ2) is 9.55. The van der Waals surface area contributed by atoms with E-state index in [-0.39, 0.29) is 11.9 Å². The van der Waals surface area contributed by atoms with Crippen molar-refractivity contribution in [2.24, 2.45) is 0 Å². The van der Waals surface area contributed by atoms with E-state index in [2.05, 4.69) is 16.3 Å². The molecule has 2 heterocycles. The summed E-state index contributed by atoms with van der Waals surface area (Å²) in [6, 6.07) is 19.3. The second-order valence-corrected chi connectivity index (χ2v) is 8.48. The van der Waals surface area contributed by atoms with Crippen LogP contribution in [0.3, 0.4) is 0 Å². The van der Waals surface area contributed by atoms with E-state index in [1.807, 2.05) is 60.0 Å². The largest absolute Gasteiger partial charge is 0.379 e. The second-order valence-electron chi connectivity index (χ2n) is 7.06. The van der Waals surface area contributed by atoms with E-state index in [9.17, 15) is 4.79 Å². The predicted octanol–water partition coefficient (Wildman–Crippen LogP) is 4.75. The number of thiophene rings is 1. The lowest BCUT2D eigenvalue weighted by Crippen LogP contribution is -2.35. The predicted molar refractivity (Wildman–Crippen MR) is 118 cm³/mol. The van der Waals surface area contributed by atoms with E-state index in [1.54, 1.807) is 11.3 Å². The summed E-state index contributed by atoms with van der Waals surface area (Å²) < 4.78 is 5.41. The number of rotatable bonds is 6. The van der Waals surface area contributed by atoms with E-state index < -0.39 is 0 Å². The molecule has 0 aliphatic carbocycles. The summed E-state index contributed by atoms with van der Waals surface area (Å²) >= 11 is 7.67. The van der Waals surface area contributed by atoms with Gasteiger partial charge in [0.1, 0.15) is 0 Å². The van der Waals surface area contributed by atoms with E-state index in [1.165, 1.54) is 0 Å². The highest BCUT2D eigenvalue weighted by molar-refractivity contribution is 7.10. The summed E-state index contributed by atoms with van der Waals surface area (Å²) in [7, 11) is 0. The number of ether oxygens (including phenoxy) is 1. The molecule has 6 heteroatoms. The molecule has 1 atom stereocenters. The summed E-state index contributed by atoms with van der Waals surface area (Å²) in [6.45, 7) is 4.21. The molecule has 1 N–H and O–H groups in total. The van der Waals surface area contributed by atoms with Crippen LogP contribution in [0.25, 0.3) is 0 Å². The number of benzene rings is 2. The van der Waals surface area contributed by atoms with E-state index in [0.29, 0.717) is 10.6 Å². The highest BCUT2D eigenvalue weighted by atomic mass is 35.5. The average Bonchev–Trinajstić information content (AvgIpc) is 3.28. The topological polar surface area (TPSA) is 41.6 Å². The maximum absolute atomic E-state index is 13.1. The van der Waals surface area contributed by atoms with Gasteiger partial charge in [0.25, 0.3) is 5.91 Å². The van der Waals surface area contributed by atoms with E-state index >= 15 is 0 Å². The van der Waals surface area contributed by atoms with Gasteiger partial charge < -0.3 is 10.1 Å². The Kier molecular flexibility index (Phi) is 6.62. The third-order valence-electron chi connectivity index (χ3n) is 5.01. The first-order valence-electron chi connectivity index (χ1n) is 9.68. The van der Waals surface area contributed by atoms with Gasteiger partial charge in [-0.15, -0.1) is 11.3 Å². The standard InChI is InChI=1S/C23H23ClN2O2S/c24-20-8-6-18(7-9-20)22(21-5-2-14-29-21)25-23(27)19-4-1-3-17(15-19)16-26-10-12-28-13-11-26/h1-9,14-15,22H,10-13,16H2,(H,25,27). The van der Waals surface area contributed by atoms with Crippen LogP contribution in [-0.2, 0) is 11.3 Å². The normalized spacial score (nSPS) is 15.8. The molecule has 1 aliphatic rings. The number of carbonyl (C=O) groups excluding carboxylic acids is 1. The molecule has 1 aliphatic heterocycles. The van der Waals surface area contributed by atoms with Gasteiger partial charge in [0, 0.05) is 35.1 Å². The molecule has 0 spiro atoms. The van der Waals surface area contributed by atoms with E-state index in [0.717, 1.165) is 48.9 Å². The van der Waals surface area contributed by atoms with Crippen LogP contribution >= 0.6 is 22.9 Å². The molecule has 0 saturated carbocycles. The van der Waals surface area contributed by atoms with Crippen LogP contribution in [0.15, 0.2) is 66.0 Å². The van der Waals surface area contributed by atoms with Crippen LogP contribution in [0.5, 0.6) is 0 Å². The lowest BCUT2D eigenvalue weighted by atomic mass is 10.0.